The molecule has 2 rings (SSSR count). The van der Waals surface area contributed by atoms with E-state index in [1.165, 1.54) is 0 Å². The fourth-order valence-electron chi connectivity index (χ4n) is 2.04. The minimum absolute atomic E-state index is 0.0366. The summed E-state index contributed by atoms with van der Waals surface area (Å²) in [5.41, 5.74) is 0.726. The van der Waals surface area contributed by atoms with Crippen molar-refractivity contribution >= 4 is 37.4 Å². The first kappa shape index (κ1) is 13.5. The normalized spacial score (nSPS) is 21.7. The minimum atomic E-state index is -2.91. The maximum absolute atomic E-state index is 11.7. The summed E-state index contributed by atoms with van der Waals surface area (Å²) in [7, 11) is -2.91. The van der Waals surface area contributed by atoms with E-state index in [-0.39, 0.29) is 29.8 Å². The third-order valence-electron chi connectivity index (χ3n) is 2.93. The number of rotatable bonds is 3. The van der Waals surface area contributed by atoms with Gasteiger partial charge in [0, 0.05) is 16.6 Å². The third kappa shape index (κ3) is 3.81. The second kappa shape index (κ2) is 5.40. The van der Waals surface area contributed by atoms with E-state index in [4.69, 9.17) is 0 Å². The van der Waals surface area contributed by atoms with Crippen molar-refractivity contribution in [1.29, 1.82) is 0 Å². The van der Waals surface area contributed by atoms with Crippen LogP contribution in [0.5, 0.6) is 0 Å². The number of carbonyl (C=O) groups is 1. The number of sulfone groups is 1. The number of hydrogen-bond acceptors (Lipinski definition) is 3. The van der Waals surface area contributed by atoms with Gasteiger partial charge < -0.3 is 5.32 Å². The van der Waals surface area contributed by atoms with Crippen molar-refractivity contribution in [1.82, 2.24) is 0 Å². The third-order valence-corrected chi connectivity index (χ3v) is 5.29. The van der Waals surface area contributed by atoms with E-state index in [0.717, 1.165) is 10.2 Å². The fraction of sp³-hybridized carbons (Fsp3) is 0.417. The van der Waals surface area contributed by atoms with E-state index in [0.29, 0.717) is 6.42 Å². The number of benzene rings is 1. The lowest BCUT2D eigenvalue weighted by Crippen LogP contribution is -2.17. The Hall–Kier alpha value is -0.880. The van der Waals surface area contributed by atoms with Crippen LogP contribution in [0, 0.1) is 5.92 Å². The van der Waals surface area contributed by atoms with Crippen LogP contribution >= 0.6 is 15.9 Å². The first-order valence-corrected chi connectivity index (χ1v) is 8.32. The predicted molar refractivity (Wildman–Crippen MR) is 74.1 cm³/mol. The maximum atomic E-state index is 11.7. The first-order chi connectivity index (χ1) is 8.44. The second-order valence-electron chi connectivity index (χ2n) is 4.53. The molecule has 18 heavy (non-hydrogen) atoms. The zero-order chi connectivity index (χ0) is 13.2. The Labute approximate surface area is 115 Å². The lowest BCUT2D eigenvalue weighted by molar-refractivity contribution is -0.116. The Morgan fingerprint density at radius 3 is 2.56 bits per heavy atom. The lowest BCUT2D eigenvalue weighted by atomic mass is 10.1. The number of halogens is 1. The molecule has 0 aromatic heterocycles. The summed E-state index contributed by atoms with van der Waals surface area (Å²) < 4.78 is 23.5. The molecule has 1 aromatic rings. The highest BCUT2D eigenvalue weighted by Gasteiger charge is 2.29. The highest BCUT2D eigenvalue weighted by molar-refractivity contribution is 9.10. The highest BCUT2D eigenvalue weighted by Crippen LogP contribution is 2.22. The Kier molecular flexibility index (Phi) is 4.07. The molecule has 98 valence electrons. The summed E-state index contributed by atoms with van der Waals surface area (Å²) in [6.07, 6.45) is 0.866. The standard InChI is InChI=1S/C12H14BrNO3S/c13-10-1-3-11(4-2-10)14-12(15)7-9-5-6-18(16,17)8-9/h1-4,9H,5-8H2,(H,14,15). The summed E-state index contributed by atoms with van der Waals surface area (Å²) in [4.78, 5) is 11.7. The number of hydrogen-bond donors (Lipinski definition) is 1. The number of carbonyl (C=O) groups excluding carboxylic acids is 1. The van der Waals surface area contributed by atoms with E-state index in [1.54, 1.807) is 12.1 Å². The van der Waals surface area contributed by atoms with Gasteiger partial charge in [-0.3, -0.25) is 4.79 Å². The van der Waals surface area contributed by atoms with Crippen molar-refractivity contribution in [2.45, 2.75) is 12.8 Å². The Bertz CT molecular complexity index is 539. The van der Waals surface area contributed by atoms with Crippen molar-refractivity contribution in [2.24, 2.45) is 5.92 Å². The maximum Gasteiger partial charge on any atom is 0.224 e. The fourth-order valence-corrected chi connectivity index (χ4v) is 4.17. The summed E-state index contributed by atoms with van der Waals surface area (Å²) in [6, 6.07) is 7.28. The average Bonchev–Trinajstić information content (AvgIpc) is 2.61. The molecule has 1 N–H and O–H groups in total. The van der Waals surface area contributed by atoms with Gasteiger partial charge in [-0.2, -0.15) is 0 Å². The summed E-state index contributed by atoms with van der Waals surface area (Å²) in [5.74, 6) is 0.189. The van der Waals surface area contributed by atoms with Gasteiger partial charge in [-0.05, 0) is 36.6 Å². The lowest BCUT2D eigenvalue weighted by Gasteiger charge is -2.08. The van der Waals surface area contributed by atoms with Gasteiger partial charge in [0.05, 0.1) is 11.5 Å². The van der Waals surface area contributed by atoms with Crippen LogP contribution in [-0.2, 0) is 14.6 Å². The molecule has 0 spiro atoms. The zero-order valence-electron chi connectivity index (χ0n) is 9.73. The van der Waals surface area contributed by atoms with Gasteiger partial charge in [0.2, 0.25) is 5.91 Å². The van der Waals surface area contributed by atoms with Gasteiger partial charge in [0.15, 0.2) is 9.84 Å². The molecule has 0 bridgehead atoms. The first-order valence-electron chi connectivity index (χ1n) is 5.70. The smallest absolute Gasteiger partial charge is 0.224 e. The van der Waals surface area contributed by atoms with Crippen LogP contribution in [0.25, 0.3) is 0 Å². The van der Waals surface area contributed by atoms with Crippen LogP contribution < -0.4 is 5.32 Å². The van der Waals surface area contributed by atoms with Crippen LogP contribution in [0.15, 0.2) is 28.7 Å². The highest BCUT2D eigenvalue weighted by atomic mass is 79.9. The average molecular weight is 332 g/mol. The monoisotopic (exact) mass is 331 g/mol. The summed E-state index contributed by atoms with van der Waals surface area (Å²) >= 11 is 3.32. The van der Waals surface area contributed by atoms with Crippen LogP contribution in [0.2, 0.25) is 0 Å². The van der Waals surface area contributed by atoms with Gasteiger partial charge in [-0.15, -0.1) is 0 Å². The molecule has 1 fully saturated rings. The molecule has 6 heteroatoms. The minimum Gasteiger partial charge on any atom is -0.326 e. The Morgan fingerprint density at radius 1 is 1.33 bits per heavy atom. The molecule has 0 radical (unpaired) electrons. The van der Waals surface area contributed by atoms with E-state index < -0.39 is 9.84 Å². The Morgan fingerprint density at radius 2 is 2.00 bits per heavy atom. The Balaban J connectivity index is 1.88. The molecular formula is C12H14BrNO3S. The quantitative estimate of drug-likeness (QED) is 0.923. The molecule has 0 aliphatic carbocycles. The molecule has 0 saturated carbocycles. The van der Waals surface area contributed by atoms with E-state index >= 15 is 0 Å². The number of nitrogens with one attached hydrogen (secondary N) is 1. The molecule has 1 saturated heterocycles. The molecule has 1 aromatic carbocycles. The zero-order valence-corrected chi connectivity index (χ0v) is 12.1. The molecular weight excluding hydrogens is 318 g/mol. The van der Waals surface area contributed by atoms with Crippen molar-refractivity contribution in [2.75, 3.05) is 16.8 Å². The van der Waals surface area contributed by atoms with Crippen LogP contribution in [0.1, 0.15) is 12.8 Å². The molecule has 1 heterocycles. The van der Waals surface area contributed by atoms with E-state index in [2.05, 4.69) is 21.2 Å². The van der Waals surface area contributed by atoms with Gasteiger partial charge in [0.25, 0.3) is 0 Å². The van der Waals surface area contributed by atoms with E-state index in [9.17, 15) is 13.2 Å². The molecule has 1 atom stereocenters. The van der Waals surface area contributed by atoms with Crippen LogP contribution in [-0.4, -0.2) is 25.8 Å². The largest absolute Gasteiger partial charge is 0.326 e. The van der Waals surface area contributed by atoms with Gasteiger partial charge in [-0.25, -0.2) is 8.42 Å². The van der Waals surface area contributed by atoms with E-state index in [1.807, 2.05) is 12.1 Å². The van der Waals surface area contributed by atoms with Crippen molar-refractivity contribution in [3.8, 4) is 0 Å². The van der Waals surface area contributed by atoms with Crippen molar-refractivity contribution in [3.05, 3.63) is 28.7 Å². The predicted octanol–water partition coefficient (Wildman–Crippen LogP) is 2.21. The van der Waals surface area contributed by atoms with Crippen molar-refractivity contribution < 1.29 is 13.2 Å². The van der Waals surface area contributed by atoms with Crippen molar-refractivity contribution in [3.63, 3.8) is 0 Å². The van der Waals surface area contributed by atoms with Gasteiger partial charge in [0.1, 0.15) is 0 Å². The molecule has 1 amide bonds. The topological polar surface area (TPSA) is 63.2 Å². The SMILES string of the molecule is O=C(CC1CCS(=O)(=O)C1)Nc1ccc(Br)cc1. The van der Waals surface area contributed by atoms with Gasteiger partial charge >= 0.3 is 0 Å². The van der Waals surface area contributed by atoms with Crippen LogP contribution in [0.4, 0.5) is 5.69 Å². The summed E-state index contributed by atoms with van der Waals surface area (Å²) in [5, 5.41) is 2.77. The number of amides is 1. The molecule has 1 aliphatic heterocycles. The summed E-state index contributed by atoms with van der Waals surface area (Å²) in [6.45, 7) is 0. The van der Waals surface area contributed by atoms with Gasteiger partial charge in [-0.1, -0.05) is 15.9 Å². The van der Waals surface area contributed by atoms with Crippen LogP contribution in [0.3, 0.4) is 0 Å². The number of anilines is 1. The molecule has 4 nitrogen and oxygen atoms in total. The second-order valence-corrected chi connectivity index (χ2v) is 7.67. The molecule has 1 unspecified atom stereocenters. The molecule has 1 aliphatic rings.